The third-order valence-electron chi connectivity index (χ3n) is 1.79. The van der Waals surface area contributed by atoms with Crippen LogP contribution in [0.2, 0.25) is 0 Å². The summed E-state index contributed by atoms with van der Waals surface area (Å²) in [5, 5.41) is 3.10. The molecule has 0 aliphatic heterocycles. The van der Waals surface area contributed by atoms with Crippen LogP contribution in [0.1, 0.15) is 16.2 Å². The van der Waals surface area contributed by atoms with E-state index in [4.69, 9.17) is 5.73 Å². The number of nitrogen functional groups attached to an aromatic ring is 1. The predicted octanol–water partition coefficient (Wildman–Crippen LogP) is 1.08. The smallest absolute Gasteiger partial charge is 0.257 e. The van der Waals surface area contributed by atoms with Crippen LogP contribution in [0.3, 0.4) is 0 Å². The minimum atomic E-state index is -0.273. The van der Waals surface area contributed by atoms with E-state index in [1.54, 1.807) is 13.0 Å². The highest BCUT2D eigenvalue weighted by atomic mass is 32.1. The van der Waals surface area contributed by atoms with Crippen LogP contribution in [-0.2, 0) is 0 Å². The summed E-state index contributed by atoms with van der Waals surface area (Å²) >= 11 is 1.14. The zero-order valence-corrected chi connectivity index (χ0v) is 9.28. The molecule has 6 nitrogen and oxygen atoms in total. The first-order valence-corrected chi connectivity index (χ1v) is 5.25. The van der Waals surface area contributed by atoms with Gasteiger partial charge in [0, 0.05) is 23.3 Å². The molecule has 1 amide bonds. The first-order valence-electron chi connectivity index (χ1n) is 4.48. The van der Waals surface area contributed by atoms with Crippen molar-refractivity contribution in [2.24, 2.45) is 0 Å². The molecule has 0 spiro atoms. The number of rotatable bonds is 2. The van der Waals surface area contributed by atoms with Crippen LogP contribution in [0.5, 0.6) is 0 Å². The van der Waals surface area contributed by atoms with Crippen LogP contribution in [0.4, 0.5) is 10.9 Å². The molecule has 0 aromatic carbocycles. The van der Waals surface area contributed by atoms with Crippen molar-refractivity contribution < 1.29 is 4.79 Å². The molecule has 0 saturated heterocycles. The second kappa shape index (κ2) is 4.23. The molecule has 0 bridgehead atoms. The second-order valence-corrected chi connectivity index (χ2v) is 3.82. The highest BCUT2D eigenvalue weighted by Gasteiger charge is 2.09. The van der Waals surface area contributed by atoms with Gasteiger partial charge in [0.05, 0.1) is 0 Å². The van der Waals surface area contributed by atoms with Crippen molar-refractivity contribution in [1.82, 2.24) is 14.3 Å². The summed E-state index contributed by atoms with van der Waals surface area (Å²) < 4.78 is 3.96. The molecule has 0 atom stereocenters. The Labute approximate surface area is 95.7 Å². The maximum absolute atomic E-state index is 11.7. The Bertz CT molecular complexity index is 524. The predicted molar refractivity (Wildman–Crippen MR) is 61.2 cm³/mol. The van der Waals surface area contributed by atoms with Crippen LogP contribution < -0.4 is 11.1 Å². The SMILES string of the molecule is Cc1nsc(NC(=O)c2ccnc(N)c2)n1. The van der Waals surface area contributed by atoms with Crippen LogP contribution in [-0.4, -0.2) is 20.2 Å². The minimum absolute atomic E-state index is 0.273. The van der Waals surface area contributed by atoms with Crippen LogP contribution in [0, 0.1) is 6.92 Å². The molecule has 0 fully saturated rings. The average molecular weight is 235 g/mol. The summed E-state index contributed by atoms with van der Waals surface area (Å²) in [6.45, 7) is 1.76. The Balaban J connectivity index is 2.14. The minimum Gasteiger partial charge on any atom is -0.384 e. The molecule has 0 aliphatic rings. The quantitative estimate of drug-likeness (QED) is 0.812. The van der Waals surface area contributed by atoms with E-state index in [2.05, 4.69) is 19.7 Å². The van der Waals surface area contributed by atoms with E-state index in [1.165, 1.54) is 12.3 Å². The zero-order valence-electron chi connectivity index (χ0n) is 8.47. The van der Waals surface area contributed by atoms with E-state index >= 15 is 0 Å². The van der Waals surface area contributed by atoms with Gasteiger partial charge in [0.1, 0.15) is 11.6 Å². The van der Waals surface area contributed by atoms with Crippen LogP contribution >= 0.6 is 11.5 Å². The van der Waals surface area contributed by atoms with Crippen molar-refractivity contribution in [2.45, 2.75) is 6.92 Å². The molecule has 2 rings (SSSR count). The maximum Gasteiger partial charge on any atom is 0.257 e. The van der Waals surface area contributed by atoms with E-state index in [0.29, 0.717) is 22.3 Å². The van der Waals surface area contributed by atoms with Gasteiger partial charge >= 0.3 is 0 Å². The van der Waals surface area contributed by atoms with Gasteiger partial charge in [-0.25, -0.2) is 9.97 Å². The van der Waals surface area contributed by atoms with Gasteiger partial charge < -0.3 is 5.73 Å². The van der Waals surface area contributed by atoms with Gasteiger partial charge in [-0.15, -0.1) is 0 Å². The third kappa shape index (κ3) is 2.31. The topological polar surface area (TPSA) is 93.8 Å². The summed E-state index contributed by atoms with van der Waals surface area (Å²) in [5.74, 6) is 0.667. The lowest BCUT2D eigenvalue weighted by Crippen LogP contribution is -2.12. The summed E-state index contributed by atoms with van der Waals surface area (Å²) in [5.41, 5.74) is 5.92. The summed E-state index contributed by atoms with van der Waals surface area (Å²) in [7, 11) is 0. The molecule has 7 heteroatoms. The standard InChI is InChI=1S/C9H9N5OS/c1-5-12-9(16-14-5)13-8(15)6-2-3-11-7(10)4-6/h2-4H,1H3,(H2,10,11)(H,12,13,14,15). The number of nitrogens with zero attached hydrogens (tertiary/aromatic N) is 3. The van der Waals surface area contributed by atoms with E-state index in [0.717, 1.165) is 11.5 Å². The maximum atomic E-state index is 11.7. The van der Waals surface area contributed by atoms with Crippen molar-refractivity contribution in [2.75, 3.05) is 11.1 Å². The molecule has 0 unspecified atom stereocenters. The summed E-state index contributed by atoms with van der Waals surface area (Å²) in [6.07, 6.45) is 1.48. The molecule has 2 aromatic rings. The Morgan fingerprint density at radius 3 is 3.00 bits per heavy atom. The summed E-state index contributed by atoms with van der Waals surface area (Å²) in [4.78, 5) is 19.6. The lowest BCUT2D eigenvalue weighted by molar-refractivity contribution is 0.102. The first kappa shape index (κ1) is 10.5. The fraction of sp³-hybridized carbons (Fsp3) is 0.111. The van der Waals surface area contributed by atoms with Gasteiger partial charge in [0.25, 0.3) is 5.91 Å². The molecule has 0 saturated carbocycles. The molecule has 82 valence electrons. The van der Waals surface area contributed by atoms with Crippen molar-refractivity contribution in [1.29, 1.82) is 0 Å². The molecule has 2 aromatic heterocycles. The van der Waals surface area contributed by atoms with Crippen molar-refractivity contribution in [3.63, 3.8) is 0 Å². The number of carbonyl (C=O) groups is 1. The number of aromatic nitrogens is 3. The van der Waals surface area contributed by atoms with Gasteiger partial charge in [-0.3, -0.25) is 10.1 Å². The third-order valence-corrected chi connectivity index (χ3v) is 2.51. The molecule has 16 heavy (non-hydrogen) atoms. The number of carbonyl (C=O) groups excluding carboxylic acids is 1. The average Bonchev–Trinajstić information content (AvgIpc) is 2.64. The Morgan fingerprint density at radius 1 is 1.56 bits per heavy atom. The Hall–Kier alpha value is -2.02. The largest absolute Gasteiger partial charge is 0.384 e. The monoisotopic (exact) mass is 235 g/mol. The van der Waals surface area contributed by atoms with Crippen LogP contribution in [0.25, 0.3) is 0 Å². The number of nitrogens with one attached hydrogen (secondary N) is 1. The Kier molecular flexibility index (Phi) is 2.78. The number of amides is 1. The normalized spacial score (nSPS) is 10.1. The fourth-order valence-electron chi connectivity index (χ4n) is 1.11. The summed E-state index contributed by atoms with van der Waals surface area (Å²) in [6, 6.07) is 3.09. The lowest BCUT2D eigenvalue weighted by Gasteiger charge is -2.01. The zero-order chi connectivity index (χ0) is 11.5. The van der Waals surface area contributed by atoms with Crippen molar-refractivity contribution in [3.05, 3.63) is 29.7 Å². The molecule has 2 heterocycles. The van der Waals surface area contributed by atoms with E-state index in [1.807, 2.05) is 0 Å². The number of nitrogens with two attached hydrogens (primary N) is 1. The number of pyridine rings is 1. The molecule has 0 aliphatic carbocycles. The number of hydrogen-bond donors (Lipinski definition) is 2. The fourth-order valence-corrected chi connectivity index (χ4v) is 1.68. The highest BCUT2D eigenvalue weighted by Crippen LogP contribution is 2.12. The number of aryl methyl sites for hydroxylation is 1. The van der Waals surface area contributed by atoms with Gasteiger partial charge in [-0.05, 0) is 19.1 Å². The van der Waals surface area contributed by atoms with Gasteiger partial charge in [0.15, 0.2) is 0 Å². The highest BCUT2D eigenvalue weighted by molar-refractivity contribution is 7.09. The Morgan fingerprint density at radius 2 is 2.38 bits per heavy atom. The lowest BCUT2D eigenvalue weighted by atomic mass is 10.2. The van der Waals surface area contributed by atoms with Crippen molar-refractivity contribution >= 4 is 28.4 Å². The number of hydrogen-bond acceptors (Lipinski definition) is 6. The second-order valence-electron chi connectivity index (χ2n) is 3.07. The van der Waals surface area contributed by atoms with Gasteiger partial charge in [-0.2, -0.15) is 4.37 Å². The number of anilines is 2. The van der Waals surface area contributed by atoms with Crippen LogP contribution in [0.15, 0.2) is 18.3 Å². The molecule has 0 radical (unpaired) electrons. The van der Waals surface area contributed by atoms with E-state index < -0.39 is 0 Å². The molecular weight excluding hydrogens is 226 g/mol. The van der Waals surface area contributed by atoms with Gasteiger partial charge in [0.2, 0.25) is 5.13 Å². The molecular formula is C9H9N5OS. The van der Waals surface area contributed by atoms with Crippen molar-refractivity contribution in [3.8, 4) is 0 Å². The molecule has 3 N–H and O–H groups in total. The van der Waals surface area contributed by atoms with Gasteiger partial charge in [-0.1, -0.05) is 0 Å². The first-order chi connectivity index (χ1) is 7.65. The van der Waals surface area contributed by atoms with E-state index in [9.17, 15) is 4.79 Å². The van der Waals surface area contributed by atoms with E-state index in [-0.39, 0.29) is 5.91 Å².